The molecular weight excluding hydrogens is 330 g/mol. The molecule has 1 amide bonds. The van der Waals surface area contributed by atoms with E-state index >= 15 is 0 Å². The Kier molecular flexibility index (Phi) is 4.16. The third kappa shape index (κ3) is 2.94. The summed E-state index contributed by atoms with van der Waals surface area (Å²) in [4.78, 5) is 18.6. The van der Waals surface area contributed by atoms with Crippen LogP contribution in [0.1, 0.15) is 12.8 Å². The predicted octanol–water partition coefficient (Wildman–Crippen LogP) is 3.79. The Labute approximate surface area is 151 Å². The molecule has 6 heteroatoms. The highest BCUT2D eigenvalue weighted by Crippen LogP contribution is 2.36. The summed E-state index contributed by atoms with van der Waals surface area (Å²) in [7, 11) is 3.39. The molecule has 0 radical (unpaired) electrons. The van der Waals surface area contributed by atoms with Crippen molar-refractivity contribution in [2.24, 2.45) is 5.92 Å². The Bertz CT molecular complexity index is 947. The molecule has 0 saturated heterocycles. The van der Waals surface area contributed by atoms with Crippen LogP contribution < -0.4 is 9.64 Å². The van der Waals surface area contributed by atoms with Crippen LogP contribution in [-0.2, 0) is 4.79 Å². The molecule has 1 heterocycles. The number of hydrogen-bond acceptors (Lipinski definition) is 5. The summed E-state index contributed by atoms with van der Waals surface area (Å²) in [5, 5.41) is 4.09. The molecule has 2 aromatic carbocycles. The van der Waals surface area contributed by atoms with Crippen LogP contribution in [0.25, 0.3) is 22.8 Å². The minimum Gasteiger partial charge on any atom is -0.496 e. The Morgan fingerprint density at radius 1 is 1.12 bits per heavy atom. The lowest BCUT2D eigenvalue weighted by Gasteiger charge is -2.19. The van der Waals surface area contributed by atoms with Crippen molar-refractivity contribution in [3.8, 4) is 28.6 Å². The lowest BCUT2D eigenvalue weighted by atomic mass is 10.1. The molecule has 0 spiro atoms. The molecule has 1 aliphatic rings. The van der Waals surface area contributed by atoms with E-state index in [4.69, 9.17) is 9.26 Å². The molecule has 1 saturated carbocycles. The Hall–Kier alpha value is -3.15. The van der Waals surface area contributed by atoms with Crippen molar-refractivity contribution in [3.63, 3.8) is 0 Å². The molecule has 1 fully saturated rings. The topological polar surface area (TPSA) is 68.5 Å². The minimum absolute atomic E-state index is 0.127. The van der Waals surface area contributed by atoms with E-state index < -0.39 is 0 Å². The van der Waals surface area contributed by atoms with Crippen molar-refractivity contribution < 1.29 is 14.1 Å². The predicted molar refractivity (Wildman–Crippen MR) is 97.9 cm³/mol. The van der Waals surface area contributed by atoms with Crippen LogP contribution in [0.3, 0.4) is 0 Å². The van der Waals surface area contributed by atoms with Crippen LogP contribution in [0.15, 0.2) is 53.1 Å². The Morgan fingerprint density at radius 2 is 1.81 bits per heavy atom. The van der Waals surface area contributed by atoms with Gasteiger partial charge in [-0.1, -0.05) is 29.4 Å². The molecule has 6 nitrogen and oxygen atoms in total. The fourth-order valence-electron chi connectivity index (χ4n) is 2.94. The summed E-state index contributed by atoms with van der Waals surface area (Å²) in [5.74, 6) is 1.76. The number of para-hydroxylation sites is 2. The number of methoxy groups -OCH3 is 1. The summed E-state index contributed by atoms with van der Waals surface area (Å²) >= 11 is 0. The second-order valence-electron chi connectivity index (χ2n) is 6.31. The SMILES string of the molecule is COc1ccccc1-c1noc(-c2ccccc2N(C)C(=O)C2CC2)n1. The molecule has 4 rings (SSSR count). The zero-order chi connectivity index (χ0) is 18.1. The number of anilines is 1. The highest BCUT2D eigenvalue weighted by atomic mass is 16.5. The normalized spacial score (nSPS) is 13.5. The first-order valence-corrected chi connectivity index (χ1v) is 8.53. The quantitative estimate of drug-likeness (QED) is 0.701. The molecule has 3 aromatic rings. The number of amides is 1. The zero-order valence-corrected chi connectivity index (χ0v) is 14.7. The lowest BCUT2D eigenvalue weighted by molar-refractivity contribution is -0.119. The second-order valence-corrected chi connectivity index (χ2v) is 6.31. The van der Waals surface area contributed by atoms with Crippen LogP contribution in [0.2, 0.25) is 0 Å². The number of rotatable bonds is 5. The van der Waals surface area contributed by atoms with E-state index in [0.29, 0.717) is 17.5 Å². The standard InChI is InChI=1S/C20H19N3O3/c1-23(20(24)13-11-12-13)16-9-5-3-7-14(16)19-21-18(22-26-19)15-8-4-6-10-17(15)25-2/h3-10,13H,11-12H2,1-2H3. The van der Waals surface area contributed by atoms with Gasteiger partial charge in [-0.25, -0.2) is 0 Å². The molecular formula is C20H19N3O3. The molecule has 132 valence electrons. The smallest absolute Gasteiger partial charge is 0.260 e. The van der Waals surface area contributed by atoms with Gasteiger partial charge in [-0.15, -0.1) is 0 Å². The number of hydrogen-bond donors (Lipinski definition) is 0. The van der Waals surface area contributed by atoms with Crippen LogP contribution >= 0.6 is 0 Å². The monoisotopic (exact) mass is 349 g/mol. The van der Waals surface area contributed by atoms with Gasteiger partial charge in [0.25, 0.3) is 5.89 Å². The van der Waals surface area contributed by atoms with Crippen LogP contribution in [0.4, 0.5) is 5.69 Å². The number of aromatic nitrogens is 2. The Morgan fingerprint density at radius 3 is 2.54 bits per heavy atom. The van der Waals surface area contributed by atoms with Gasteiger partial charge in [0.2, 0.25) is 11.7 Å². The van der Waals surface area contributed by atoms with Crippen molar-refractivity contribution in [3.05, 3.63) is 48.5 Å². The summed E-state index contributed by atoms with van der Waals surface area (Å²) in [6.45, 7) is 0. The minimum atomic E-state index is 0.127. The fraction of sp³-hybridized carbons (Fsp3) is 0.250. The number of carbonyl (C=O) groups excluding carboxylic acids is 1. The first-order chi connectivity index (χ1) is 12.7. The molecule has 0 bridgehead atoms. The van der Waals surface area contributed by atoms with Crippen molar-refractivity contribution >= 4 is 11.6 Å². The van der Waals surface area contributed by atoms with Crippen molar-refractivity contribution in [1.29, 1.82) is 0 Å². The second kappa shape index (κ2) is 6.63. The zero-order valence-electron chi connectivity index (χ0n) is 14.7. The van der Waals surface area contributed by atoms with Crippen LogP contribution in [0, 0.1) is 5.92 Å². The van der Waals surface area contributed by atoms with Gasteiger partial charge in [-0.05, 0) is 37.1 Å². The average Bonchev–Trinajstić information content (AvgIpc) is 3.43. The van der Waals surface area contributed by atoms with E-state index in [1.807, 2.05) is 48.5 Å². The van der Waals surface area contributed by atoms with Gasteiger partial charge in [-0.3, -0.25) is 4.79 Å². The maximum Gasteiger partial charge on any atom is 0.260 e. The summed E-state index contributed by atoms with van der Waals surface area (Å²) in [5.41, 5.74) is 2.25. The van der Waals surface area contributed by atoms with Crippen molar-refractivity contribution in [2.75, 3.05) is 19.1 Å². The largest absolute Gasteiger partial charge is 0.496 e. The molecule has 1 aromatic heterocycles. The summed E-state index contributed by atoms with van der Waals surface area (Å²) in [6, 6.07) is 15.1. The molecule has 0 N–H and O–H groups in total. The maximum absolute atomic E-state index is 12.4. The van der Waals surface area contributed by atoms with Gasteiger partial charge in [0, 0.05) is 13.0 Å². The molecule has 0 aliphatic heterocycles. The molecule has 26 heavy (non-hydrogen) atoms. The van der Waals surface area contributed by atoms with E-state index in [0.717, 1.165) is 29.7 Å². The molecule has 0 atom stereocenters. The number of carbonyl (C=O) groups is 1. The highest BCUT2D eigenvalue weighted by molar-refractivity contribution is 5.99. The lowest BCUT2D eigenvalue weighted by Crippen LogP contribution is -2.28. The van der Waals surface area contributed by atoms with Gasteiger partial charge >= 0.3 is 0 Å². The maximum atomic E-state index is 12.4. The van der Waals surface area contributed by atoms with E-state index in [1.54, 1.807) is 19.1 Å². The van der Waals surface area contributed by atoms with Crippen LogP contribution in [-0.4, -0.2) is 30.2 Å². The van der Waals surface area contributed by atoms with E-state index in [-0.39, 0.29) is 11.8 Å². The van der Waals surface area contributed by atoms with Crippen molar-refractivity contribution in [2.45, 2.75) is 12.8 Å². The molecule has 0 unspecified atom stereocenters. The van der Waals surface area contributed by atoms with Crippen molar-refractivity contribution in [1.82, 2.24) is 10.1 Å². The van der Waals surface area contributed by atoms with E-state index in [1.165, 1.54) is 0 Å². The van der Waals surface area contributed by atoms with Gasteiger partial charge in [0.05, 0.1) is 23.9 Å². The Balaban J connectivity index is 1.71. The van der Waals surface area contributed by atoms with Crippen LogP contribution in [0.5, 0.6) is 5.75 Å². The first-order valence-electron chi connectivity index (χ1n) is 8.53. The average molecular weight is 349 g/mol. The van der Waals surface area contributed by atoms with Gasteiger partial charge in [0.15, 0.2) is 0 Å². The third-order valence-electron chi connectivity index (χ3n) is 4.53. The number of nitrogens with zero attached hydrogens (tertiary/aromatic N) is 3. The molecule has 1 aliphatic carbocycles. The fourth-order valence-corrected chi connectivity index (χ4v) is 2.94. The van der Waals surface area contributed by atoms with E-state index in [9.17, 15) is 4.79 Å². The summed E-state index contributed by atoms with van der Waals surface area (Å²) < 4.78 is 10.9. The number of ether oxygens (including phenoxy) is 1. The first kappa shape index (κ1) is 16.3. The van der Waals surface area contributed by atoms with Gasteiger partial charge < -0.3 is 14.2 Å². The summed E-state index contributed by atoms with van der Waals surface area (Å²) in [6.07, 6.45) is 1.92. The van der Waals surface area contributed by atoms with Gasteiger partial charge in [0.1, 0.15) is 5.75 Å². The van der Waals surface area contributed by atoms with E-state index in [2.05, 4.69) is 10.1 Å². The van der Waals surface area contributed by atoms with Gasteiger partial charge in [-0.2, -0.15) is 4.98 Å². The number of benzene rings is 2. The third-order valence-corrected chi connectivity index (χ3v) is 4.53. The highest BCUT2D eigenvalue weighted by Gasteiger charge is 2.33.